The molecule has 1 unspecified atom stereocenters. The minimum Gasteiger partial charge on any atom is -0.457 e. The van der Waals surface area contributed by atoms with Crippen LogP contribution >= 0.6 is 30.4 Å². The van der Waals surface area contributed by atoms with Gasteiger partial charge in [-0.1, -0.05) is 120 Å². The van der Waals surface area contributed by atoms with Crippen molar-refractivity contribution in [3.63, 3.8) is 0 Å². The van der Waals surface area contributed by atoms with E-state index in [-0.39, 0.29) is 22.2 Å². The van der Waals surface area contributed by atoms with E-state index in [4.69, 9.17) is 14.3 Å². The molecule has 340 valence electrons. The smallest absolute Gasteiger partial charge is 0.356 e. The number of fused-ring (bicyclic) bond motifs is 1. The Morgan fingerprint density at radius 3 is 1.85 bits per heavy atom. The lowest BCUT2D eigenvalue weighted by Gasteiger charge is -2.50. The standard InChI is InChI=1S/C51H46N5O8PS2/c1-51(2,3)64-41(58)29-62-55-42(40-32-67-50(53-40)52-33-57)46(59)54-43-47(60)56-44(49(61)63-45(34-19-9-4-10-20-34)35-21-11-5-12-22-35)36(31-66-48(43)56)30-65(37-23-13-6-14-24-37,38-25-15-7-16-26-38)39-27-17-8-18-28-39/h4-28,32-33,43,45,48H,29-31H2,1-3H3,(H-,52,53,54,57,59)/p+1/t43?,48-/m0/s1. The quantitative estimate of drug-likeness (QED) is 0.0250. The van der Waals surface area contributed by atoms with Crippen LogP contribution in [0.3, 0.4) is 0 Å². The van der Waals surface area contributed by atoms with Gasteiger partial charge in [0.2, 0.25) is 13.0 Å². The predicted octanol–water partition coefficient (Wildman–Crippen LogP) is 6.75. The van der Waals surface area contributed by atoms with Crippen molar-refractivity contribution < 1.29 is 38.3 Å². The van der Waals surface area contributed by atoms with Crippen molar-refractivity contribution in [3.05, 3.63) is 185 Å². The maximum atomic E-state index is 15.3. The number of nitrogens with one attached hydrogen (secondary N) is 2. The molecule has 1 fully saturated rings. The number of ether oxygens (including phenoxy) is 2. The van der Waals surface area contributed by atoms with Crippen LogP contribution in [-0.2, 0) is 38.3 Å². The fourth-order valence-corrected chi connectivity index (χ4v) is 14.5. The number of thioether (sulfide) groups is 1. The maximum absolute atomic E-state index is 15.3. The number of anilines is 1. The van der Waals surface area contributed by atoms with E-state index in [0.717, 1.165) is 44.0 Å². The third-order valence-corrected chi connectivity index (χ3v) is 17.4. The van der Waals surface area contributed by atoms with Gasteiger partial charge in [-0.25, -0.2) is 14.6 Å². The Morgan fingerprint density at radius 1 is 0.821 bits per heavy atom. The minimum absolute atomic E-state index is 0.0262. The Bertz CT molecular complexity index is 2650. The van der Waals surface area contributed by atoms with Gasteiger partial charge < -0.3 is 24.9 Å². The van der Waals surface area contributed by atoms with Crippen molar-refractivity contribution in [1.82, 2.24) is 15.2 Å². The number of hydrogen-bond donors (Lipinski definition) is 2. The second-order valence-electron chi connectivity index (χ2n) is 16.5. The summed E-state index contributed by atoms with van der Waals surface area (Å²) in [6.07, 6.45) is 0.0409. The van der Waals surface area contributed by atoms with Crippen molar-refractivity contribution in [3.8, 4) is 0 Å². The Morgan fingerprint density at radius 2 is 1.34 bits per heavy atom. The lowest BCUT2D eigenvalue weighted by Crippen LogP contribution is -2.71. The number of thiazole rings is 1. The zero-order valence-electron chi connectivity index (χ0n) is 36.8. The second kappa shape index (κ2) is 20.7. The highest BCUT2D eigenvalue weighted by atomic mass is 32.2. The molecule has 8 rings (SSSR count). The first-order valence-corrected chi connectivity index (χ1v) is 25.3. The molecule has 3 amide bonds. The summed E-state index contributed by atoms with van der Waals surface area (Å²) in [6.45, 7) is 4.49. The van der Waals surface area contributed by atoms with Gasteiger partial charge in [-0.15, -0.1) is 23.1 Å². The highest BCUT2D eigenvalue weighted by Crippen LogP contribution is 2.58. The molecule has 0 aliphatic carbocycles. The van der Waals surface area contributed by atoms with Crippen molar-refractivity contribution in [2.75, 3.05) is 23.8 Å². The molecule has 0 bridgehead atoms. The van der Waals surface area contributed by atoms with E-state index in [1.165, 1.54) is 22.0 Å². The van der Waals surface area contributed by atoms with E-state index in [1.807, 2.05) is 115 Å². The monoisotopic (exact) mass is 952 g/mol. The molecule has 2 atom stereocenters. The Kier molecular flexibility index (Phi) is 14.4. The fourth-order valence-electron chi connectivity index (χ4n) is 8.03. The highest BCUT2D eigenvalue weighted by Gasteiger charge is 2.57. The number of β-lactam (4-membered cyclic amide) rings is 1. The molecule has 3 heterocycles. The number of carbonyl (C=O) groups is 5. The number of amides is 3. The van der Waals surface area contributed by atoms with Gasteiger partial charge in [0.05, 0.1) is 6.16 Å². The number of carbonyl (C=O) groups excluding carboxylic acids is 5. The van der Waals surface area contributed by atoms with Gasteiger partial charge >= 0.3 is 11.9 Å². The maximum Gasteiger partial charge on any atom is 0.356 e. The summed E-state index contributed by atoms with van der Waals surface area (Å²) in [6, 6.07) is 48.6. The minimum atomic E-state index is -2.59. The van der Waals surface area contributed by atoms with Gasteiger partial charge in [-0.2, -0.15) is 0 Å². The van der Waals surface area contributed by atoms with E-state index in [2.05, 4.69) is 57.2 Å². The molecular formula is C51H47N5O8PS2+. The summed E-state index contributed by atoms with van der Waals surface area (Å²) in [5.41, 5.74) is 1.24. The number of benzene rings is 5. The number of rotatable bonds is 17. The molecule has 5 aromatic carbocycles. The fraction of sp³-hybridized carbons (Fsp3) is 0.196. The number of esters is 2. The molecule has 0 spiro atoms. The molecule has 1 saturated heterocycles. The normalized spacial score (nSPS) is 16.1. The average Bonchev–Trinajstić information content (AvgIpc) is 3.81. The first-order valence-electron chi connectivity index (χ1n) is 21.4. The predicted molar refractivity (Wildman–Crippen MR) is 263 cm³/mol. The molecule has 2 aliphatic rings. The number of nitrogens with zero attached hydrogens (tertiary/aromatic N) is 3. The van der Waals surface area contributed by atoms with Gasteiger partial charge in [-0.05, 0) is 68.3 Å². The summed E-state index contributed by atoms with van der Waals surface area (Å²) in [5.74, 6) is -2.44. The third kappa shape index (κ3) is 10.4. The molecule has 13 nitrogen and oxygen atoms in total. The van der Waals surface area contributed by atoms with Gasteiger partial charge in [0.15, 0.2) is 16.9 Å². The van der Waals surface area contributed by atoms with Crippen LogP contribution in [0.4, 0.5) is 5.13 Å². The van der Waals surface area contributed by atoms with E-state index in [1.54, 1.807) is 20.8 Å². The summed E-state index contributed by atoms with van der Waals surface area (Å²) in [4.78, 5) is 78.9. The van der Waals surface area contributed by atoms with Gasteiger partial charge in [0, 0.05) is 16.7 Å². The Balaban J connectivity index is 1.19. The topological polar surface area (TPSA) is 166 Å². The Hall–Kier alpha value is -6.93. The Labute approximate surface area is 397 Å². The number of oxime groups is 1. The van der Waals surface area contributed by atoms with Crippen LogP contribution in [0, 0.1) is 0 Å². The molecule has 2 N–H and O–H groups in total. The summed E-state index contributed by atoms with van der Waals surface area (Å²) < 4.78 is 11.9. The van der Waals surface area contributed by atoms with Crippen LogP contribution in [0.1, 0.15) is 43.7 Å². The second-order valence-corrected chi connectivity index (χ2v) is 21.9. The van der Waals surface area contributed by atoms with Gasteiger partial charge in [0.25, 0.3) is 11.8 Å². The van der Waals surface area contributed by atoms with Crippen molar-refractivity contribution in [1.29, 1.82) is 0 Å². The van der Waals surface area contributed by atoms with Crippen LogP contribution in [-0.4, -0.2) is 81.3 Å². The summed E-state index contributed by atoms with van der Waals surface area (Å²) in [5, 5.41) is 13.4. The summed E-state index contributed by atoms with van der Waals surface area (Å²) >= 11 is 2.46. The molecule has 0 saturated carbocycles. The van der Waals surface area contributed by atoms with E-state index < -0.39 is 60.7 Å². The lowest BCUT2D eigenvalue weighted by molar-refractivity contribution is -0.160. The van der Waals surface area contributed by atoms with Crippen molar-refractivity contribution in [2.45, 2.75) is 43.9 Å². The largest absolute Gasteiger partial charge is 0.457 e. The van der Waals surface area contributed by atoms with Crippen molar-refractivity contribution in [2.24, 2.45) is 5.16 Å². The molecule has 6 aromatic rings. The lowest BCUT2D eigenvalue weighted by atomic mass is 10.0. The molecule has 0 radical (unpaired) electrons. The van der Waals surface area contributed by atoms with E-state index >= 15 is 4.79 Å². The first kappa shape index (κ1) is 46.6. The van der Waals surface area contributed by atoms with Gasteiger partial charge in [-0.3, -0.25) is 19.3 Å². The van der Waals surface area contributed by atoms with Crippen LogP contribution in [0.2, 0.25) is 0 Å². The van der Waals surface area contributed by atoms with Crippen LogP contribution in [0.25, 0.3) is 0 Å². The van der Waals surface area contributed by atoms with E-state index in [0.29, 0.717) is 18.3 Å². The molecule has 16 heteroatoms. The van der Waals surface area contributed by atoms with Gasteiger partial charge in [0.1, 0.15) is 51.6 Å². The SMILES string of the molecule is CC(C)(C)OC(=O)CON=C(C(=O)NC1C(=O)N2C(C(=O)OC(c3ccccc3)c3ccccc3)=C(C[P+](c3ccccc3)(c3ccccc3)c3ccccc3)CS[C@@H]12)c1csc(NC=O)n1. The summed E-state index contributed by atoms with van der Waals surface area (Å²) in [7, 11) is -2.59. The molecule has 2 aliphatic heterocycles. The molecule has 67 heavy (non-hydrogen) atoms. The number of aromatic nitrogens is 1. The molecule has 1 aromatic heterocycles. The first-order chi connectivity index (χ1) is 32.5. The average molecular weight is 953 g/mol. The highest BCUT2D eigenvalue weighted by molar-refractivity contribution is 8.00. The number of hydrogen-bond acceptors (Lipinski definition) is 12. The van der Waals surface area contributed by atoms with Crippen LogP contribution in [0.5, 0.6) is 0 Å². The zero-order valence-corrected chi connectivity index (χ0v) is 39.3. The van der Waals surface area contributed by atoms with E-state index in [9.17, 15) is 19.2 Å². The van der Waals surface area contributed by atoms with Crippen LogP contribution in [0.15, 0.2) is 173 Å². The van der Waals surface area contributed by atoms with Crippen molar-refractivity contribution >= 4 is 87.3 Å². The van der Waals surface area contributed by atoms with Crippen LogP contribution < -0.4 is 26.5 Å². The third-order valence-electron chi connectivity index (χ3n) is 10.9. The molecular weight excluding hydrogens is 906 g/mol. The zero-order chi connectivity index (χ0) is 47.0.